The van der Waals surface area contributed by atoms with Crippen LogP contribution in [0.15, 0.2) is 53.6 Å². The van der Waals surface area contributed by atoms with Gasteiger partial charge < -0.3 is 5.32 Å². The second kappa shape index (κ2) is 6.66. The summed E-state index contributed by atoms with van der Waals surface area (Å²) in [5, 5.41) is 3.27. The molecule has 3 aromatic rings. The number of aromatic nitrogens is 3. The number of benzene rings is 1. The Hall–Kier alpha value is -2.95. The molecule has 0 saturated carbocycles. The smallest absolute Gasteiger partial charge is 0.258 e. The van der Waals surface area contributed by atoms with Crippen molar-refractivity contribution in [2.75, 3.05) is 5.32 Å². The van der Waals surface area contributed by atoms with Crippen LogP contribution in [0.25, 0.3) is 11.3 Å². The number of nitrogens with zero attached hydrogens (tertiary/aromatic N) is 3. The molecule has 1 N–H and O–H groups in total. The standard InChI is InChI=1S/C19H20N4O/c1-13-5-4-6-15(11-13)12-21-19-22-17(14(2)18(24)23(19)3)16-7-9-20-10-8-16/h4-11H,12H2,1-3H3,(H,21,22). The van der Waals surface area contributed by atoms with Gasteiger partial charge in [-0.3, -0.25) is 14.3 Å². The molecule has 0 fully saturated rings. The third-order valence-electron chi connectivity index (χ3n) is 4.00. The van der Waals surface area contributed by atoms with Gasteiger partial charge in [0, 0.05) is 37.1 Å². The van der Waals surface area contributed by atoms with Crippen LogP contribution in [0.5, 0.6) is 0 Å². The summed E-state index contributed by atoms with van der Waals surface area (Å²) in [7, 11) is 1.73. The van der Waals surface area contributed by atoms with Crippen molar-refractivity contribution in [2.24, 2.45) is 7.05 Å². The minimum absolute atomic E-state index is 0.0523. The normalized spacial score (nSPS) is 10.6. The zero-order chi connectivity index (χ0) is 17.1. The highest BCUT2D eigenvalue weighted by molar-refractivity contribution is 5.63. The highest BCUT2D eigenvalue weighted by Gasteiger charge is 2.12. The molecule has 2 heterocycles. The van der Waals surface area contributed by atoms with Crippen molar-refractivity contribution in [1.82, 2.24) is 14.5 Å². The largest absolute Gasteiger partial charge is 0.351 e. The molecule has 122 valence electrons. The monoisotopic (exact) mass is 320 g/mol. The Bertz CT molecular complexity index is 916. The van der Waals surface area contributed by atoms with E-state index in [0.717, 1.165) is 11.1 Å². The van der Waals surface area contributed by atoms with Gasteiger partial charge in [-0.05, 0) is 31.5 Å². The number of anilines is 1. The van der Waals surface area contributed by atoms with E-state index in [1.165, 1.54) is 5.56 Å². The molecule has 2 aromatic heterocycles. The number of rotatable bonds is 4. The van der Waals surface area contributed by atoms with E-state index in [4.69, 9.17) is 0 Å². The molecule has 1 aromatic carbocycles. The molecule has 0 amide bonds. The van der Waals surface area contributed by atoms with Gasteiger partial charge in [-0.1, -0.05) is 29.8 Å². The Morgan fingerprint density at radius 2 is 1.88 bits per heavy atom. The van der Waals surface area contributed by atoms with Crippen LogP contribution in [0.4, 0.5) is 5.95 Å². The highest BCUT2D eigenvalue weighted by atomic mass is 16.1. The van der Waals surface area contributed by atoms with E-state index in [0.29, 0.717) is 23.8 Å². The molecular weight excluding hydrogens is 300 g/mol. The zero-order valence-corrected chi connectivity index (χ0v) is 14.1. The number of hydrogen-bond donors (Lipinski definition) is 1. The second-order valence-electron chi connectivity index (χ2n) is 5.85. The molecule has 0 bridgehead atoms. The summed E-state index contributed by atoms with van der Waals surface area (Å²) in [5.41, 5.74) is 4.51. The van der Waals surface area contributed by atoms with Gasteiger partial charge in [-0.15, -0.1) is 0 Å². The van der Waals surface area contributed by atoms with Crippen LogP contribution in [-0.4, -0.2) is 14.5 Å². The Kier molecular flexibility index (Phi) is 4.42. The van der Waals surface area contributed by atoms with Crippen LogP contribution in [0.1, 0.15) is 16.7 Å². The first kappa shape index (κ1) is 15.9. The molecule has 0 atom stereocenters. The van der Waals surface area contributed by atoms with Crippen molar-refractivity contribution in [1.29, 1.82) is 0 Å². The average molecular weight is 320 g/mol. The second-order valence-corrected chi connectivity index (χ2v) is 5.85. The first-order valence-electron chi connectivity index (χ1n) is 7.83. The van der Waals surface area contributed by atoms with Gasteiger partial charge in [0.25, 0.3) is 5.56 Å². The van der Waals surface area contributed by atoms with Crippen LogP contribution in [0.2, 0.25) is 0 Å². The third-order valence-corrected chi connectivity index (χ3v) is 4.00. The van der Waals surface area contributed by atoms with E-state index in [2.05, 4.69) is 40.4 Å². The van der Waals surface area contributed by atoms with Crippen LogP contribution in [0.3, 0.4) is 0 Å². The third kappa shape index (κ3) is 3.20. The minimum atomic E-state index is -0.0523. The molecule has 0 spiro atoms. The van der Waals surface area contributed by atoms with Crippen LogP contribution in [0, 0.1) is 13.8 Å². The molecule has 0 unspecified atom stereocenters. The lowest BCUT2D eigenvalue weighted by molar-refractivity contribution is 0.812. The van der Waals surface area contributed by atoms with Crippen molar-refractivity contribution in [3.05, 3.63) is 75.8 Å². The minimum Gasteiger partial charge on any atom is -0.351 e. The molecule has 0 aliphatic heterocycles. The molecular formula is C19H20N4O. The predicted molar refractivity (Wildman–Crippen MR) is 96.0 cm³/mol. The van der Waals surface area contributed by atoms with Gasteiger partial charge >= 0.3 is 0 Å². The summed E-state index contributed by atoms with van der Waals surface area (Å²) in [5.74, 6) is 0.555. The maximum atomic E-state index is 12.5. The van der Waals surface area contributed by atoms with Crippen molar-refractivity contribution >= 4 is 5.95 Å². The Balaban J connectivity index is 1.96. The fourth-order valence-electron chi connectivity index (χ4n) is 2.67. The SMILES string of the molecule is Cc1cccc(CNc2nc(-c3ccncc3)c(C)c(=O)n2C)c1. The summed E-state index contributed by atoms with van der Waals surface area (Å²) in [6.45, 7) is 4.47. The summed E-state index contributed by atoms with van der Waals surface area (Å²) in [6, 6.07) is 12.0. The van der Waals surface area contributed by atoms with Crippen molar-refractivity contribution in [3.63, 3.8) is 0 Å². The molecule has 24 heavy (non-hydrogen) atoms. The van der Waals surface area contributed by atoms with E-state index in [1.54, 1.807) is 30.9 Å². The average Bonchev–Trinajstić information content (AvgIpc) is 2.60. The lowest BCUT2D eigenvalue weighted by Gasteiger charge is -2.14. The highest BCUT2D eigenvalue weighted by Crippen LogP contribution is 2.20. The summed E-state index contributed by atoms with van der Waals surface area (Å²) in [6.07, 6.45) is 3.40. The maximum absolute atomic E-state index is 12.5. The van der Waals surface area contributed by atoms with E-state index < -0.39 is 0 Å². The Morgan fingerprint density at radius 3 is 2.58 bits per heavy atom. The van der Waals surface area contributed by atoms with Crippen LogP contribution >= 0.6 is 0 Å². The number of hydrogen-bond acceptors (Lipinski definition) is 4. The van der Waals surface area contributed by atoms with E-state index in [-0.39, 0.29) is 5.56 Å². The summed E-state index contributed by atoms with van der Waals surface area (Å²) < 4.78 is 1.55. The number of nitrogens with one attached hydrogen (secondary N) is 1. The lowest BCUT2D eigenvalue weighted by Crippen LogP contribution is -2.25. The predicted octanol–water partition coefficient (Wildman–Crippen LogP) is 3.07. The summed E-state index contributed by atoms with van der Waals surface area (Å²) in [4.78, 5) is 21.2. The molecule has 0 aliphatic carbocycles. The Morgan fingerprint density at radius 1 is 1.12 bits per heavy atom. The van der Waals surface area contributed by atoms with E-state index in [1.807, 2.05) is 18.2 Å². The van der Waals surface area contributed by atoms with Gasteiger partial charge in [-0.25, -0.2) is 4.98 Å². The van der Waals surface area contributed by atoms with E-state index in [9.17, 15) is 4.79 Å². The number of pyridine rings is 1. The van der Waals surface area contributed by atoms with Gasteiger partial charge in [0.2, 0.25) is 5.95 Å². The van der Waals surface area contributed by atoms with Crippen molar-refractivity contribution < 1.29 is 0 Å². The van der Waals surface area contributed by atoms with Gasteiger partial charge in [0.05, 0.1) is 5.69 Å². The molecule has 0 saturated heterocycles. The summed E-state index contributed by atoms with van der Waals surface area (Å²) >= 11 is 0. The fourth-order valence-corrected chi connectivity index (χ4v) is 2.67. The molecule has 5 heteroatoms. The van der Waals surface area contributed by atoms with Crippen LogP contribution < -0.4 is 10.9 Å². The molecule has 3 rings (SSSR count). The van der Waals surface area contributed by atoms with E-state index >= 15 is 0 Å². The Labute approximate surface area is 141 Å². The number of aryl methyl sites for hydroxylation is 1. The first-order valence-corrected chi connectivity index (χ1v) is 7.83. The first-order chi connectivity index (χ1) is 11.6. The zero-order valence-electron chi connectivity index (χ0n) is 14.1. The van der Waals surface area contributed by atoms with Crippen molar-refractivity contribution in [3.8, 4) is 11.3 Å². The van der Waals surface area contributed by atoms with Gasteiger partial charge in [0.1, 0.15) is 0 Å². The van der Waals surface area contributed by atoms with Gasteiger partial charge in [-0.2, -0.15) is 0 Å². The van der Waals surface area contributed by atoms with Crippen molar-refractivity contribution in [2.45, 2.75) is 20.4 Å². The molecule has 0 aliphatic rings. The lowest BCUT2D eigenvalue weighted by atomic mass is 10.1. The molecule has 5 nitrogen and oxygen atoms in total. The topological polar surface area (TPSA) is 59.8 Å². The fraction of sp³-hybridized carbons (Fsp3) is 0.211. The van der Waals surface area contributed by atoms with Crippen LogP contribution in [-0.2, 0) is 13.6 Å². The quantitative estimate of drug-likeness (QED) is 0.802. The molecule has 0 radical (unpaired) electrons. The maximum Gasteiger partial charge on any atom is 0.258 e. The van der Waals surface area contributed by atoms with Gasteiger partial charge in [0.15, 0.2) is 0 Å².